The molecule has 0 saturated heterocycles. The molecule has 0 aliphatic carbocycles. The molecule has 0 saturated carbocycles. The fourth-order valence-corrected chi connectivity index (χ4v) is 2.89. The topological polar surface area (TPSA) is 69.6 Å². The van der Waals surface area contributed by atoms with E-state index < -0.39 is 12.1 Å². The number of fused-ring (bicyclic) bond motifs is 1. The van der Waals surface area contributed by atoms with Crippen LogP contribution in [0.25, 0.3) is 0 Å². The fourth-order valence-electron chi connectivity index (χ4n) is 2.89. The number of carbonyl (C=O) groups excluding carboxylic acids is 1. The minimum atomic E-state index is -1.41. The lowest BCUT2D eigenvalue weighted by Gasteiger charge is -2.35. The monoisotopic (exact) mass is 291 g/mol. The molecule has 1 aromatic rings. The van der Waals surface area contributed by atoms with E-state index in [-0.39, 0.29) is 17.2 Å². The number of carboxylic acid groups (broad SMARTS) is 1. The SMILES string of the molecule is [2H]N(C(=O)O)C1C(=O)N(C)c2ccccc2CC1C(C)(C)C. The first-order valence-corrected chi connectivity index (χ1v) is 7.01. The Balaban J connectivity index is 2.58. The summed E-state index contributed by atoms with van der Waals surface area (Å²) in [5, 5.41) is 9.60. The van der Waals surface area contributed by atoms with Gasteiger partial charge >= 0.3 is 6.09 Å². The van der Waals surface area contributed by atoms with Crippen molar-refractivity contribution in [3.63, 3.8) is 0 Å². The predicted octanol–water partition coefficient (Wildman–Crippen LogP) is 2.50. The van der Waals surface area contributed by atoms with Gasteiger partial charge in [-0.15, -0.1) is 0 Å². The van der Waals surface area contributed by atoms with Crippen LogP contribution in [-0.2, 0) is 11.2 Å². The molecular weight excluding hydrogens is 268 g/mol. The molecule has 2 amide bonds. The molecule has 114 valence electrons. The number of hydrogen-bond donors (Lipinski definition) is 2. The summed E-state index contributed by atoms with van der Waals surface area (Å²) in [6.07, 6.45) is -0.852. The normalized spacial score (nSPS) is 23.1. The molecule has 0 aromatic heterocycles. The highest BCUT2D eigenvalue weighted by molar-refractivity contribution is 5.99. The number of para-hydroxylation sites is 1. The second-order valence-electron chi connectivity index (χ2n) is 6.56. The van der Waals surface area contributed by atoms with E-state index >= 15 is 0 Å². The minimum Gasteiger partial charge on any atom is -0.465 e. The predicted molar refractivity (Wildman–Crippen MR) is 81.4 cm³/mol. The van der Waals surface area contributed by atoms with Gasteiger partial charge in [-0.05, 0) is 29.4 Å². The summed E-state index contributed by atoms with van der Waals surface area (Å²) in [5.74, 6) is -0.637. The molecule has 0 fully saturated rings. The lowest BCUT2D eigenvalue weighted by atomic mass is 9.73. The van der Waals surface area contributed by atoms with E-state index in [2.05, 4.69) is 0 Å². The van der Waals surface area contributed by atoms with Crippen LogP contribution in [0, 0.1) is 11.3 Å². The Bertz CT molecular complexity index is 597. The van der Waals surface area contributed by atoms with Crippen LogP contribution in [0.15, 0.2) is 24.3 Å². The van der Waals surface area contributed by atoms with E-state index in [1.54, 1.807) is 7.05 Å². The molecule has 1 aliphatic heterocycles. The summed E-state index contributed by atoms with van der Waals surface area (Å²) in [7, 11) is 1.63. The first-order valence-electron chi connectivity index (χ1n) is 7.46. The zero-order chi connectivity index (χ0) is 16.7. The number of nitrogens with zero attached hydrogens (tertiary/aromatic N) is 1. The third-order valence-corrected chi connectivity index (χ3v) is 4.12. The standard InChI is InChI=1S/C16H22N2O3/c1-16(2,3)11-9-10-7-5-6-8-12(10)18(4)14(19)13(11)17-15(20)21/h5-8,11,13,17H,9H2,1-4H3,(H,20,21)/i/hD. The zero-order valence-electron chi connectivity index (χ0n) is 13.8. The first-order chi connectivity index (χ1) is 10.1. The van der Waals surface area contributed by atoms with Crippen LogP contribution in [-0.4, -0.2) is 30.2 Å². The van der Waals surface area contributed by atoms with Crippen molar-refractivity contribution in [1.82, 2.24) is 5.31 Å². The molecule has 2 N–H and O–H groups in total. The molecule has 0 radical (unpaired) electrons. The van der Waals surface area contributed by atoms with Gasteiger partial charge in [-0.3, -0.25) is 4.79 Å². The maximum atomic E-state index is 12.8. The number of amides is 2. The lowest BCUT2D eigenvalue weighted by Crippen LogP contribution is -2.53. The molecule has 0 spiro atoms. The van der Waals surface area contributed by atoms with Crippen LogP contribution in [0.1, 0.15) is 26.3 Å². The number of rotatable bonds is 1. The third kappa shape index (κ3) is 3.01. The number of benzene rings is 1. The van der Waals surface area contributed by atoms with Gasteiger partial charge in [0.1, 0.15) is 6.04 Å². The maximum Gasteiger partial charge on any atom is 0.405 e. The Morgan fingerprint density at radius 1 is 1.43 bits per heavy atom. The number of carbonyl (C=O) groups is 2. The molecule has 2 atom stereocenters. The molecule has 5 nitrogen and oxygen atoms in total. The Labute approximate surface area is 126 Å². The summed E-state index contributed by atoms with van der Waals surface area (Å²) in [5.41, 5.74) is 1.47. The number of hydrogen-bond acceptors (Lipinski definition) is 2. The van der Waals surface area contributed by atoms with Crippen molar-refractivity contribution in [2.75, 3.05) is 11.9 Å². The Kier molecular flexibility index (Phi) is 3.57. The quantitative estimate of drug-likeness (QED) is 0.835. The smallest absolute Gasteiger partial charge is 0.405 e. The van der Waals surface area contributed by atoms with Gasteiger partial charge in [0.05, 0.1) is 0 Å². The van der Waals surface area contributed by atoms with E-state index in [0.29, 0.717) is 11.7 Å². The highest BCUT2D eigenvalue weighted by atomic mass is 16.4. The van der Waals surface area contributed by atoms with Crippen LogP contribution in [0.4, 0.5) is 10.5 Å². The van der Waals surface area contributed by atoms with E-state index in [1.165, 1.54) is 4.90 Å². The molecule has 21 heavy (non-hydrogen) atoms. The van der Waals surface area contributed by atoms with E-state index in [0.717, 1.165) is 11.3 Å². The number of likely N-dealkylation sites (N-methyl/N-ethyl adjacent to an activating group) is 1. The summed E-state index contributed by atoms with van der Waals surface area (Å²) in [6, 6.07) is 6.55. The first kappa shape index (κ1) is 13.9. The van der Waals surface area contributed by atoms with Crippen molar-refractivity contribution in [3.05, 3.63) is 29.8 Å². The van der Waals surface area contributed by atoms with Gasteiger partial charge < -0.3 is 15.3 Å². The molecule has 5 heteroatoms. The largest absolute Gasteiger partial charge is 0.465 e. The van der Waals surface area contributed by atoms with Crippen molar-refractivity contribution < 1.29 is 16.1 Å². The van der Waals surface area contributed by atoms with Crippen molar-refractivity contribution >= 4 is 17.7 Å². The highest BCUT2D eigenvalue weighted by Gasteiger charge is 2.41. The van der Waals surface area contributed by atoms with Gasteiger partial charge in [0.15, 0.2) is 1.41 Å². The van der Waals surface area contributed by atoms with Crippen LogP contribution < -0.4 is 10.2 Å². The highest BCUT2D eigenvalue weighted by Crippen LogP contribution is 2.37. The van der Waals surface area contributed by atoms with E-state index in [4.69, 9.17) is 1.41 Å². The number of nitrogens with one attached hydrogen (secondary N) is 1. The number of anilines is 1. The van der Waals surface area contributed by atoms with Crippen molar-refractivity contribution in [3.8, 4) is 0 Å². The second kappa shape index (κ2) is 5.39. The summed E-state index contributed by atoms with van der Waals surface area (Å²) >= 11 is 0. The third-order valence-electron chi connectivity index (χ3n) is 4.12. The fraction of sp³-hybridized carbons (Fsp3) is 0.500. The van der Waals surface area contributed by atoms with Crippen molar-refractivity contribution in [2.24, 2.45) is 11.3 Å². The summed E-state index contributed by atoms with van der Waals surface area (Å²) < 4.78 is 7.84. The van der Waals surface area contributed by atoms with Crippen LogP contribution in [0.5, 0.6) is 0 Å². The van der Waals surface area contributed by atoms with Gasteiger partial charge in [0, 0.05) is 12.7 Å². The van der Waals surface area contributed by atoms with Gasteiger partial charge in [0.25, 0.3) is 0 Å². The van der Waals surface area contributed by atoms with Gasteiger partial charge in [0.2, 0.25) is 5.91 Å². The van der Waals surface area contributed by atoms with E-state index in [9.17, 15) is 14.7 Å². The Morgan fingerprint density at radius 2 is 2.05 bits per heavy atom. The molecule has 2 rings (SSSR count). The molecule has 1 aromatic carbocycles. The summed E-state index contributed by atoms with van der Waals surface area (Å²) in [6.45, 7) is 5.92. The zero-order valence-corrected chi connectivity index (χ0v) is 12.8. The van der Waals surface area contributed by atoms with E-state index in [1.807, 2.05) is 45.0 Å². The lowest BCUT2D eigenvalue weighted by molar-refractivity contribution is -0.122. The van der Waals surface area contributed by atoms with Gasteiger partial charge in [-0.25, -0.2) is 4.79 Å². The molecule has 1 aliphatic rings. The van der Waals surface area contributed by atoms with Gasteiger partial charge in [-0.2, -0.15) is 0 Å². The van der Waals surface area contributed by atoms with Crippen molar-refractivity contribution in [2.45, 2.75) is 33.2 Å². The average molecular weight is 291 g/mol. The van der Waals surface area contributed by atoms with Crippen LogP contribution >= 0.6 is 0 Å². The Hall–Kier alpha value is -2.04. The maximum absolute atomic E-state index is 12.8. The van der Waals surface area contributed by atoms with Crippen molar-refractivity contribution in [1.29, 1.82) is 0 Å². The molecule has 2 unspecified atom stereocenters. The van der Waals surface area contributed by atoms with Crippen LogP contribution in [0.3, 0.4) is 0 Å². The molecular formula is C16H22N2O3. The van der Waals surface area contributed by atoms with Gasteiger partial charge in [-0.1, -0.05) is 39.0 Å². The average Bonchev–Trinajstić information content (AvgIpc) is 2.54. The minimum absolute atomic E-state index is 0.278. The molecule has 0 bridgehead atoms. The van der Waals surface area contributed by atoms with Crippen LogP contribution in [0.2, 0.25) is 1.41 Å². The molecule has 1 heterocycles. The summed E-state index contributed by atoms with van der Waals surface area (Å²) in [4.78, 5) is 25.6. The Morgan fingerprint density at radius 3 is 2.62 bits per heavy atom. The second-order valence-corrected chi connectivity index (χ2v) is 6.56.